The number of rotatable bonds is 0. The van der Waals surface area contributed by atoms with Crippen LogP contribution in [-0.4, -0.2) is 11.5 Å². The van der Waals surface area contributed by atoms with Crippen LogP contribution in [0.15, 0.2) is 36.5 Å². The van der Waals surface area contributed by atoms with Gasteiger partial charge in [0.1, 0.15) is 5.69 Å². The molecule has 2 nitrogen and oxygen atoms in total. The Labute approximate surface area is 82.8 Å². The van der Waals surface area contributed by atoms with Crippen molar-refractivity contribution in [3.05, 3.63) is 42.2 Å². The Morgan fingerprint density at radius 3 is 2.93 bits per heavy atom. The predicted molar refractivity (Wildman–Crippen MR) is 57.7 cm³/mol. The van der Waals surface area contributed by atoms with Gasteiger partial charge in [-0.25, -0.2) is 4.98 Å². The maximum Gasteiger partial charge on any atom is 0.120 e. The molecule has 0 fully saturated rings. The molecule has 0 aliphatic carbocycles. The van der Waals surface area contributed by atoms with E-state index < -0.39 is 0 Å². The van der Waals surface area contributed by atoms with Crippen LogP contribution in [0.25, 0.3) is 10.8 Å². The summed E-state index contributed by atoms with van der Waals surface area (Å²) in [7, 11) is 0. The van der Waals surface area contributed by atoms with Gasteiger partial charge >= 0.3 is 0 Å². The predicted octanol–water partition coefficient (Wildman–Crippen LogP) is 1.54. The van der Waals surface area contributed by atoms with E-state index in [1.807, 2.05) is 30.3 Å². The Morgan fingerprint density at radius 1 is 1.21 bits per heavy atom. The zero-order valence-electron chi connectivity index (χ0n) is 7.70. The molecular formula is C12H10N2. The number of pyridine rings is 1. The third-order valence-electron chi connectivity index (χ3n) is 1.98. The summed E-state index contributed by atoms with van der Waals surface area (Å²) in [5.41, 5.74) is 6.12. The van der Waals surface area contributed by atoms with Crippen LogP contribution in [0.4, 0.5) is 0 Å². The number of fused-ring (bicyclic) bond motifs is 1. The first-order valence-electron chi connectivity index (χ1n) is 4.44. The van der Waals surface area contributed by atoms with Gasteiger partial charge in [0, 0.05) is 11.6 Å². The minimum absolute atomic E-state index is 0.366. The molecule has 68 valence electrons. The van der Waals surface area contributed by atoms with E-state index in [9.17, 15) is 0 Å². The molecule has 0 amide bonds. The zero-order valence-corrected chi connectivity index (χ0v) is 7.70. The molecule has 2 rings (SSSR count). The molecule has 1 aromatic heterocycles. The largest absolute Gasteiger partial charge is 0.320 e. The van der Waals surface area contributed by atoms with Crippen molar-refractivity contribution in [1.82, 2.24) is 4.98 Å². The quantitative estimate of drug-likeness (QED) is 0.628. The molecule has 0 saturated carbocycles. The highest BCUT2D eigenvalue weighted by Crippen LogP contribution is 2.14. The summed E-state index contributed by atoms with van der Waals surface area (Å²) in [5.74, 6) is 5.77. The fraction of sp³-hybridized carbons (Fsp3) is 0.0833. The normalized spacial score (nSPS) is 9.50. The highest BCUT2D eigenvalue weighted by Gasteiger charge is 1.96. The average Bonchev–Trinajstić information content (AvgIpc) is 2.26. The fourth-order valence-electron chi connectivity index (χ4n) is 1.35. The van der Waals surface area contributed by atoms with Crippen LogP contribution in [0.1, 0.15) is 5.69 Å². The molecule has 2 heteroatoms. The van der Waals surface area contributed by atoms with Crippen LogP contribution >= 0.6 is 0 Å². The van der Waals surface area contributed by atoms with E-state index in [-0.39, 0.29) is 0 Å². The lowest BCUT2D eigenvalue weighted by Crippen LogP contribution is -1.93. The monoisotopic (exact) mass is 182 g/mol. The summed E-state index contributed by atoms with van der Waals surface area (Å²) in [5, 5.41) is 2.24. The second-order valence-electron chi connectivity index (χ2n) is 2.89. The van der Waals surface area contributed by atoms with E-state index in [2.05, 4.69) is 16.8 Å². The van der Waals surface area contributed by atoms with Crippen molar-refractivity contribution in [2.45, 2.75) is 0 Å². The van der Waals surface area contributed by atoms with E-state index in [4.69, 9.17) is 5.73 Å². The molecule has 0 radical (unpaired) electrons. The molecule has 2 aromatic rings. The van der Waals surface area contributed by atoms with Crippen molar-refractivity contribution in [1.29, 1.82) is 0 Å². The third kappa shape index (κ3) is 1.59. The van der Waals surface area contributed by atoms with Crippen LogP contribution < -0.4 is 5.73 Å². The van der Waals surface area contributed by atoms with Gasteiger partial charge in [0.15, 0.2) is 0 Å². The maximum atomic E-state index is 5.32. The molecule has 0 atom stereocenters. The Balaban J connectivity index is 2.65. The first-order chi connectivity index (χ1) is 6.92. The van der Waals surface area contributed by atoms with E-state index in [1.54, 1.807) is 6.20 Å². The number of aromatic nitrogens is 1. The minimum atomic E-state index is 0.366. The van der Waals surface area contributed by atoms with Crippen LogP contribution in [0, 0.1) is 11.8 Å². The van der Waals surface area contributed by atoms with E-state index in [0.717, 1.165) is 16.5 Å². The highest BCUT2D eigenvalue weighted by atomic mass is 14.7. The summed E-state index contributed by atoms with van der Waals surface area (Å²) in [6.07, 6.45) is 1.77. The lowest BCUT2D eigenvalue weighted by atomic mass is 10.1. The first kappa shape index (κ1) is 8.74. The van der Waals surface area contributed by atoms with Gasteiger partial charge in [-0.3, -0.25) is 0 Å². The SMILES string of the molecule is NCC#Cc1nccc2ccccc12. The summed E-state index contributed by atoms with van der Waals surface area (Å²) in [6, 6.07) is 10.0. The van der Waals surface area contributed by atoms with Crippen molar-refractivity contribution >= 4 is 10.8 Å². The molecule has 0 unspecified atom stereocenters. The Hall–Kier alpha value is -1.85. The standard InChI is InChI=1S/C12H10N2/c13-8-3-6-12-11-5-2-1-4-10(11)7-9-14-12/h1-2,4-5,7,9H,8,13H2. The van der Waals surface area contributed by atoms with Gasteiger partial charge in [-0.05, 0) is 17.4 Å². The molecule has 1 aromatic carbocycles. The molecular weight excluding hydrogens is 172 g/mol. The summed E-state index contributed by atoms with van der Waals surface area (Å²) in [6.45, 7) is 0.366. The molecule has 2 N–H and O–H groups in total. The molecule has 0 aliphatic rings. The molecule has 0 bridgehead atoms. The third-order valence-corrected chi connectivity index (χ3v) is 1.98. The summed E-state index contributed by atoms with van der Waals surface area (Å²) < 4.78 is 0. The lowest BCUT2D eigenvalue weighted by molar-refractivity contribution is 1.29. The van der Waals surface area contributed by atoms with E-state index in [0.29, 0.717) is 6.54 Å². The molecule has 0 spiro atoms. The van der Waals surface area contributed by atoms with Gasteiger partial charge in [-0.2, -0.15) is 0 Å². The van der Waals surface area contributed by atoms with Crippen LogP contribution in [-0.2, 0) is 0 Å². The Morgan fingerprint density at radius 2 is 2.07 bits per heavy atom. The molecule has 14 heavy (non-hydrogen) atoms. The molecule has 0 aliphatic heterocycles. The number of nitrogens with two attached hydrogens (primary N) is 1. The van der Waals surface area contributed by atoms with Crippen molar-refractivity contribution in [3.63, 3.8) is 0 Å². The van der Waals surface area contributed by atoms with Crippen molar-refractivity contribution in [2.75, 3.05) is 6.54 Å². The van der Waals surface area contributed by atoms with Gasteiger partial charge in [0.25, 0.3) is 0 Å². The topological polar surface area (TPSA) is 38.9 Å². The second-order valence-corrected chi connectivity index (χ2v) is 2.89. The average molecular weight is 182 g/mol. The van der Waals surface area contributed by atoms with Crippen LogP contribution in [0.3, 0.4) is 0 Å². The first-order valence-corrected chi connectivity index (χ1v) is 4.44. The fourth-order valence-corrected chi connectivity index (χ4v) is 1.35. The summed E-state index contributed by atoms with van der Waals surface area (Å²) >= 11 is 0. The number of benzene rings is 1. The van der Waals surface area contributed by atoms with E-state index in [1.165, 1.54) is 0 Å². The molecule has 1 heterocycles. The van der Waals surface area contributed by atoms with Gasteiger partial charge in [0.05, 0.1) is 6.54 Å². The smallest absolute Gasteiger partial charge is 0.120 e. The van der Waals surface area contributed by atoms with Crippen molar-refractivity contribution in [2.24, 2.45) is 5.73 Å². The number of nitrogens with zero attached hydrogens (tertiary/aromatic N) is 1. The lowest BCUT2D eigenvalue weighted by Gasteiger charge is -1.97. The Bertz CT molecular complexity index is 501. The van der Waals surface area contributed by atoms with Gasteiger partial charge < -0.3 is 5.73 Å². The van der Waals surface area contributed by atoms with Crippen molar-refractivity contribution in [3.8, 4) is 11.8 Å². The highest BCUT2D eigenvalue weighted by molar-refractivity contribution is 5.86. The van der Waals surface area contributed by atoms with Gasteiger partial charge in [-0.15, -0.1) is 0 Å². The second kappa shape index (κ2) is 3.91. The van der Waals surface area contributed by atoms with Gasteiger partial charge in [-0.1, -0.05) is 30.2 Å². The maximum absolute atomic E-state index is 5.32. The van der Waals surface area contributed by atoms with Crippen molar-refractivity contribution < 1.29 is 0 Å². The minimum Gasteiger partial charge on any atom is -0.320 e. The Kier molecular flexibility index (Phi) is 2.44. The number of hydrogen-bond donors (Lipinski definition) is 1. The van der Waals surface area contributed by atoms with Crippen LogP contribution in [0.2, 0.25) is 0 Å². The van der Waals surface area contributed by atoms with E-state index >= 15 is 0 Å². The zero-order chi connectivity index (χ0) is 9.80. The summed E-state index contributed by atoms with van der Waals surface area (Å²) in [4.78, 5) is 4.22. The number of hydrogen-bond acceptors (Lipinski definition) is 2. The molecule has 0 saturated heterocycles. The van der Waals surface area contributed by atoms with Gasteiger partial charge in [0.2, 0.25) is 0 Å². The van der Waals surface area contributed by atoms with Crippen LogP contribution in [0.5, 0.6) is 0 Å².